The number of amides is 2. The number of benzene rings is 2. The van der Waals surface area contributed by atoms with E-state index in [0.29, 0.717) is 18.5 Å². The van der Waals surface area contributed by atoms with Crippen LogP contribution in [0.2, 0.25) is 0 Å². The Hall–Kier alpha value is -2.82. The first-order valence-corrected chi connectivity index (χ1v) is 7.27. The monoisotopic (exact) mass is 314 g/mol. The Kier molecular flexibility index (Phi) is 6.17. The van der Waals surface area contributed by atoms with Crippen LogP contribution in [-0.2, 0) is 6.42 Å². The number of halogens is 1. The van der Waals surface area contributed by atoms with E-state index >= 15 is 0 Å². The fourth-order valence-corrected chi connectivity index (χ4v) is 2.02. The van der Waals surface area contributed by atoms with E-state index in [0.717, 1.165) is 11.3 Å². The van der Waals surface area contributed by atoms with E-state index in [2.05, 4.69) is 10.6 Å². The van der Waals surface area contributed by atoms with Gasteiger partial charge in [-0.1, -0.05) is 30.3 Å². The highest BCUT2D eigenvalue weighted by molar-refractivity contribution is 5.75. The Morgan fingerprint density at radius 1 is 1.22 bits per heavy atom. The summed E-state index contributed by atoms with van der Waals surface area (Å²) in [4.78, 5) is 11.6. The second kappa shape index (κ2) is 8.58. The Balaban J connectivity index is 1.74. The summed E-state index contributed by atoms with van der Waals surface area (Å²) in [6.07, 6.45) is 3.76. The maximum absolute atomic E-state index is 13.4. The number of hydrogen-bond acceptors (Lipinski definition) is 2. The number of rotatable bonds is 6. The van der Waals surface area contributed by atoms with Crippen LogP contribution in [0.1, 0.15) is 11.1 Å². The Bertz CT molecular complexity index is 686. The summed E-state index contributed by atoms with van der Waals surface area (Å²) in [5.41, 5.74) is 1.50. The molecule has 2 aromatic carbocycles. The summed E-state index contributed by atoms with van der Waals surface area (Å²) in [6, 6.07) is 13.7. The predicted octanol–water partition coefficient (Wildman–Crippen LogP) is 3.35. The van der Waals surface area contributed by atoms with Gasteiger partial charge in [-0.15, -0.1) is 0 Å². The highest BCUT2D eigenvalue weighted by Gasteiger charge is 2.01. The lowest BCUT2D eigenvalue weighted by Gasteiger charge is -2.05. The van der Waals surface area contributed by atoms with Crippen LogP contribution in [0.25, 0.3) is 6.08 Å². The molecule has 4 nitrogen and oxygen atoms in total. The molecule has 0 spiro atoms. The molecule has 0 aromatic heterocycles. The van der Waals surface area contributed by atoms with Crippen molar-refractivity contribution in [1.82, 2.24) is 10.6 Å². The molecular formula is C18H19FN2O2. The van der Waals surface area contributed by atoms with Crippen LogP contribution in [0.15, 0.2) is 54.7 Å². The van der Waals surface area contributed by atoms with Crippen LogP contribution < -0.4 is 15.4 Å². The van der Waals surface area contributed by atoms with Crippen LogP contribution in [0.3, 0.4) is 0 Å². The van der Waals surface area contributed by atoms with Crippen molar-refractivity contribution < 1.29 is 13.9 Å². The van der Waals surface area contributed by atoms with Crippen molar-refractivity contribution in [3.05, 3.63) is 71.7 Å². The molecule has 120 valence electrons. The molecule has 0 saturated heterocycles. The molecular weight excluding hydrogens is 295 g/mol. The number of hydrogen-bond donors (Lipinski definition) is 2. The van der Waals surface area contributed by atoms with Gasteiger partial charge in [0, 0.05) is 12.7 Å². The molecule has 2 rings (SSSR count). The fraction of sp³-hybridized carbons (Fsp3) is 0.167. The second-order valence-corrected chi connectivity index (χ2v) is 4.85. The topological polar surface area (TPSA) is 50.4 Å². The Labute approximate surface area is 135 Å². The van der Waals surface area contributed by atoms with E-state index in [1.807, 2.05) is 24.3 Å². The fourth-order valence-electron chi connectivity index (χ4n) is 2.02. The molecule has 0 heterocycles. The van der Waals surface area contributed by atoms with Gasteiger partial charge < -0.3 is 15.4 Å². The average molecular weight is 314 g/mol. The number of ether oxygens (including phenoxy) is 1. The lowest BCUT2D eigenvalue weighted by Crippen LogP contribution is -2.33. The van der Waals surface area contributed by atoms with Gasteiger partial charge in [-0.05, 0) is 41.8 Å². The zero-order valence-corrected chi connectivity index (χ0v) is 12.9. The predicted molar refractivity (Wildman–Crippen MR) is 88.7 cm³/mol. The van der Waals surface area contributed by atoms with Gasteiger partial charge in [-0.25, -0.2) is 9.18 Å². The van der Waals surface area contributed by atoms with Crippen LogP contribution in [0.4, 0.5) is 9.18 Å². The van der Waals surface area contributed by atoms with Gasteiger partial charge in [0.05, 0.1) is 7.11 Å². The number of urea groups is 1. The average Bonchev–Trinajstić information content (AvgIpc) is 2.57. The SMILES string of the molecule is COc1cccc(/C=C/NC(=O)NCCc2ccccc2F)c1. The van der Waals surface area contributed by atoms with E-state index in [4.69, 9.17) is 4.74 Å². The molecule has 0 aliphatic carbocycles. The van der Waals surface area contributed by atoms with Gasteiger partial charge in [0.25, 0.3) is 0 Å². The van der Waals surface area contributed by atoms with Crippen molar-refractivity contribution in [2.24, 2.45) is 0 Å². The number of carbonyl (C=O) groups excluding carboxylic acids is 1. The lowest BCUT2D eigenvalue weighted by atomic mass is 10.1. The van der Waals surface area contributed by atoms with Gasteiger partial charge in [-0.3, -0.25) is 0 Å². The Morgan fingerprint density at radius 2 is 2.04 bits per heavy atom. The third kappa shape index (κ3) is 5.47. The molecule has 2 amide bonds. The van der Waals surface area contributed by atoms with Crippen LogP contribution in [-0.4, -0.2) is 19.7 Å². The molecule has 0 bridgehead atoms. The van der Waals surface area contributed by atoms with Gasteiger partial charge in [-0.2, -0.15) is 0 Å². The minimum Gasteiger partial charge on any atom is -0.497 e. The molecule has 0 unspecified atom stereocenters. The molecule has 0 aliphatic rings. The van der Waals surface area contributed by atoms with Crippen molar-refractivity contribution in [1.29, 1.82) is 0 Å². The molecule has 2 aromatic rings. The first-order valence-electron chi connectivity index (χ1n) is 7.27. The van der Waals surface area contributed by atoms with Gasteiger partial charge >= 0.3 is 6.03 Å². The van der Waals surface area contributed by atoms with Gasteiger partial charge in [0.1, 0.15) is 11.6 Å². The van der Waals surface area contributed by atoms with Crippen LogP contribution >= 0.6 is 0 Å². The smallest absolute Gasteiger partial charge is 0.318 e. The first kappa shape index (κ1) is 16.5. The summed E-state index contributed by atoms with van der Waals surface area (Å²) >= 11 is 0. The molecule has 0 atom stereocenters. The van der Waals surface area contributed by atoms with Crippen LogP contribution in [0.5, 0.6) is 5.75 Å². The van der Waals surface area contributed by atoms with Gasteiger partial charge in [0.2, 0.25) is 0 Å². The molecule has 5 heteroatoms. The first-order chi connectivity index (χ1) is 11.2. The van der Waals surface area contributed by atoms with Crippen LogP contribution in [0, 0.1) is 5.82 Å². The molecule has 2 N–H and O–H groups in total. The molecule has 0 radical (unpaired) electrons. The van der Waals surface area contributed by atoms with Crippen molar-refractivity contribution in [2.45, 2.75) is 6.42 Å². The minimum atomic E-state index is -0.333. The van der Waals surface area contributed by atoms with E-state index in [1.54, 1.807) is 37.6 Å². The summed E-state index contributed by atoms with van der Waals surface area (Å²) in [6.45, 7) is 0.361. The zero-order chi connectivity index (χ0) is 16.5. The maximum Gasteiger partial charge on any atom is 0.318 e. The Morgan fingerprint density at radius 3 is 2.83 bits per heavy atom. The van der Waals surface area contributed by atoms with E-state index in [9.17, 15) is 9.18 Å². The third-order valence-electron chi connectivity index (χ3n) is 3.22. The standard InChI is InChI=1S/C18H19FN2O2/c1-23-16-7-4-5-14(13-16)9-11-20-18(22)21-12-10-15-6-2-3-8-17(15)19/h2-9,11,13H,10,12H2,1H3,(H2,20,21,22)/b11-9+. The van der Waals surface area contributed by atoms with Crippen molar-refractivity contribution in [2.75, 3.05) is 13.7 Å². The zero-order valence-electron chi connectivity index (χ0n) is 12.9. The largest absolute Gasteiger partial charge is 0.497 e. The van der Waals surface area contributed by atoms with E-state index in [-0.39, 0.29) is 11.8 Å². The lowest BCUT2D eigenvalue weighted by molar-refractivity contribution is 0.244. The summed E-state index contributed by atoms with van der Waals surface area (Å²) in [5, 5.41) is 5.28. The highest BCUT2D eigenvalue weighted by atomic mass is 19.1. The van der Waals surface area contributed by atoms with Gasteiger partial charge in [0.15, 0.2) is 0 Å². The van der Waals surface area contributed by atoms with E-state index < -0.39 is 0 Å². The van der Waals surface area contributed by atoms with E-state index in [1.165, 1.54) is 6.07 Å². The molecule has 0 aliphatic heterocycles. The van der Waals surface area contributed by atoms with Crippen molar-refractivity contribution >= 4 is 12.1 Å². The van der Waals surface area contributed by atoms with Crippen molar-refractivity contribution in [3.63, 3.8) is 0 Å². The minimum absolute atomic E-state index is 0.257. The number of nitrogens with one attached hydrogen (secondary N) is 2. The number of methoxy groups -OCH3 is 1. The second-order valence-electron chi connectivity index (χ2n) is 4.85. The number of carbonyl (C=O) groups is 1. The summed E-state index contributed by atoms with van der Waals surface area (Å²) in [7, 11) is 1.60. The maximum atomic E-state index is 13.4. The molecule has 0 saturated carbocycles. The highest BCUT2D eigenvalue weighted by Crippen LogP contribution is 2.13. The summed E-state index contributed by atoms with van der Waals surface area (Å²) in [5.74, 6) is 0.495. The molecule has 23 heavy (non-hydrogen) atoms. The summed E-state index contributed by atoms with van der Waals surface area (Å²) < 4.78 is 18.5. The third-order valence-corrected chi connectivity index (χ3v) is 3.22. The quantitative estimate of drug-likeness (QED) is 0.859. The molecule has 0 fully saturated rings. The normalized spacial score (nSPS) is 10.5. The van der Waals surface area contributed by atoms with Crippen molar-refractivity contribution in [3.8, 4) is 5.75 Å².